The minimum Gasteiger partial charge on any atom is -0.390 e. The molecule has 3 nitrogen and oxygen atoms in total. The van der Waals surface area contributed by atoms with E-state index >= 15 is 0 Å². The van der Waals surface area contributed by atoms with Crippen molar-refractivity contribution in [3.05, 3.63) is 35.4 Å². The number of hydrogen-bond donors (Lipinski definition) is 2. The fourth-order valence-corrected chi connectivity index (χ4v) is 3.07. The molecule has 1 aliphatic rings. The van der Waals surface area contributed by atoms with Crippen LogP contribution in [0.3, 0.4) is 0 Å². The lowest BCUT2D eigenvalue weighted by molar-refractivity contribution is -0.122. The monoisotopic (exact) mass is 265 g/mol. The van der Waals surface area contributed by atoms with E-state index in [0.29, 0.717) is 6.42 Å². The molecule has 4 heteroatoms. The van der Waals surface area contributed by atoms with Crippen LogP contribution in [0.5, 0.6) is 0 Å². The van der Waals surface area contributed by atoms with Crippen molar-refractivity contribution in [2.24, 2.45) is 0 Å². The van der Waals surface area contributed by atoms with E-state index in [4.69, 9.17) is 0 Å². The maximum absolute atomic E-state index is 12.1. The fraction of sp³-hybridized carbons (Fsp3) is 0.500. The first-order valence-corrected chi connectivity index (χ1v) is 7.55. The third kappa shape index (κ3) is 2.54. The Morgan fingerprint density at radius 2 is 2.28 bits per heavy atom. The molecule has 1 amide bonds. The normalized spacial score (nSPS) is 23.5. The number of nitrogens with one attached hydrogen (secondary N) is 1. The highest BCUT2D eigenvalue weighted by molar-refractivity contribution is 7.99. The molecule has 0 fully saturated rings. The number of carbonyl (C=O) groups excluding carboxylic acids is 1. The summed E-state index contributed by atoms with van der Waals surface area (Å²) < 4.78 is 0. The summed E-state index contributed by atoms with van der Waals surface area (Å²) in [5, 5.41) is 13.0. The largest absolute Gasteiger partial charge is 0.390 e. The zero-order chi connectivity index (χ0) is 13.1. The molecule has 0 radical (unpaired) electrons. The van der Waals surface area contributed by atoms with E-state index in [2.05, 4.69) is 5.32 Å². The van der Waals surface area contributed by atoms with Crippen LogP contribution in [-0.4, -0.2) is 28.6 Å². The van der Waals surface area contributed by atoms with Crippen LogP contribution in [0, 0.1) is 0 Å². The van der Waals surface area contributed by atoms with Crippen molar-refractivity contribution < 1.29 is 9.90 Å². The molecular formula is C14H19NO2S. The summed E-state index contributed by atoms with van der Waals surface area (Å²) in [6.45, 7) is 2.00. The lowest BCUT2D eigenvalue weighted by Crippen LogP contribution is -2.38. The molecule has 0 spiro atoms. The SMILES string of the molecule is CCC(SC)C(=O)NC1c2ccccc2CC1O. The topological polar surface area (TPSA) is 49.3 Å². The zero-order valence-electron chi connectivity index (χ0n) is 10.7. The van der Waals surface area contributed by atoms with Gasteiger partial charge in [0.15, 0.2) is 0 Å². The summed E-state index contributed by atoms with van der Waals surface area (Å²) in [7, 11) is 0. The number of rotatable bonds is 4. The Bertz CT molecular complexity index is 432. The van der Waals surface area contributed by atoms with E-state index in [1.165, 1.54) is 0 Å². The van der Waals surface area contributed by atoms with Crippen molar-refractivity contribution in [3.63, 3.8) is 0 Å². The van der Waals surface area contributed by atoms with Crippen LogP contribution >= 0.6 is 11.8 Å². The van der Waals surface area contributed by atoms with Crippen molar-refractivity contribution >= 4 is 17.7 Å². The first-order chi connectivity index (χ1) is 8.67. The minimum absolute atomic E-state index is 0.0192. The second-order valence-corrected chi connectivity index (χ2v) is 5.63. The van der Waals surface area contributed by atoms with Gasteiger partial charge >= 0.3 is 0 Å². The predicted molar refractivity (Wildman–Crippen MR) is 74.6 cm³/mol. The Kier molecular flexibility index (Phi) is 4.30. The van der Waals surface area contributed by atoms with Gasteiger partial charge in [-0.15, -0.1) is 0 Å². The number of carbonyl (C=O) groups is 1. The molecule has 1 aromatic rings. The Balaban J connectivity index is 2.12. The minimum atomic E-state index is -0.509. The molecule has 0 aromatic heterocycles. The van der Waals surface area contributed by atoms with Crippen LogP contribution in [-0.2, 0) is 11.2 Å². The fourth-order valence-electron chi connectivity index (χ4n) is 2.45. The highest BCUT2D eigenvalue weighted by atomic mass is 32.2. The van der Waals surface area contributed by atoms with Crippen molar-refractivity contribution in [3.8, 4) is 0 Å². The number of fused-ring (bicyclic) bond motifs is 1. The summed E-state index contributed by atoms with van der Waals surface area (Å²) in [5.41, 5.74) is 2.18. The number of benzene rings is 1. The molecule has 2 N–H and O–H groups in total. The van der Waals surface area contributed by atoms with Crippen molar-refractivity contribution in [1.29, 1.82) is 0 Å². The third-order valence-electron chi connectivity index (χ3n) is 3.45. The molecule has 98 valence electrons. The van der Waals surface area contributed by atoms with Gasteiger partial charge in [-0.25, -0.2) is 0 Å². The van der Waals surface area contributed by atoms with E-state index in [9.17, 15) is 9.90 Å². The van der Waals surface area contributed by atoms with Crippen LogP contribution in [0.2, 0.25) is 0 Å². The number of aliphatic hydroxyl groups is 1. The first kappa shape index (κ1) is 13.4. The van der Waals surface area contributed by atoms with Crippen molar-refractivity contribution in [2.75, 3.05) is 6.26 Å². The Labute approximate surface area is 112 Å². The van der Waals surface area contributed by atoms with E-state index in [0.717, 1.165) is 17.5 Å². The Morgan fingerprint density at radius 3 is 2.94 bits per heavy atom. The summed E-state index contributed by atoms with van der Waals surface area (Å²) >= 11 is 1.55. The van der Waals surface area contributed by atoms with Gasteiger partial charge in [0, 0.05) is 6.42 Å². The van der Waals surface area contributed by atoms with E-state index in [1.807, 2.05) is 37.4 Å². The van der Waals surface area contributed by atoms with Crippen molar-refractivity contribution in [2.45, 2.75) is 37.2 Å². The maximum Gasteiger partial charge on any atom is 0.233 e. The van der Waals surface area contributed by atoms with Crippen LogP contribution in [0.1, 0.15) is 30.5 Å². The number of thioether (sulfide) groups is 1. The van der Waals surface area contributed by atoms with Crippen molar-refractivity contribution in [1.82, 2.24) is 5.32 Å². The van der Waals surface area contributed by atoms with Gasteiger partial charge in [-0.3, -0.25) is 4.79 Å². The molecule has 18 heavy (non-hydrogen) atoms. The van der Waals surface area contributed by atoms with Crippen LogP contribution < -0.4 is 5.32 Å². The molecule has 1 aromatic carbocycles. The molecule has 1 aliphatic carbocycles. The Morgan fingerprint density at radius 1 is 1.56 bits per heavy atom. The molecule has 0 saturated heterocycles. The van der Waals surface area contributed by atoms with Crippen LogP contribution in [0.15, 0.2) is 24.3 Å². The summed E-state index contributed by atoms with van der Waals surface area (Å²) in [6.07, 6.45) is 2.85. The second-order valence-electron chi connectivity index (χ2n) is 4.59. The van der Waals surface area contributed by atoms with Gasteiger partial charge in [-0.2, -0.15) is 11.8 Å². The molecule has 0 heterocycles. The molecule has 0 saturated carbocycles. The quantitative estimate of drug-likeness (QED) is 0.874. The first-order valence-electron chi connectivity index (χ1n) is 6.26. The van der Waals surface area contributed by atoms with E-state index in [1.54, 1.807) is 11.8 Å². The lowest BCUT2D eigenvalue weighted by Gasteiger charge is -2.21. The second kappa shape index (κ2) is 5.76. The highest BCUT2D eigenvalue weighted by Gasteiger charge is 2.32. The highest BCUT2D eigenvalue weighted by Crippen LogP contribution is 2.31. The molecule has 2 rings (SSSR count). The van der Waals surface area contributed by atoms with Gasteiger partial charge in [0.1, 0.15) is 0 Å². The summed E-state index contributed by atoms with van der Waals surface area (Å²) in [4.78, 5) is 12.1. The van der Waals surface area contributed by atoms with Gasteiger partial charge in [0.2, 0.25) is 5.91 Å². The average molecular weight is 265 g/mol. The van der Waals surface area contributed by atoms with Gasteiger partial charge < -0.3 is 10.4 Å². The van der Waals surface area contributed by atoms with Crippen LogP contribution in [0.25, 0.3) is 0 Å². The summed E-state index contributed by atoms with van der Waals surface area (Å²) in [5.74, 6) is 0.0192. The molecule has 0 aliphatic heterocycles. The molecule has 0 bridgehead atoms. The van der Waals surface area contributed by atoms with Gasteiger partial charge in [-0.05, 0) is 23.8 Å². The van der Waals surface area contributed by atoms with E-state index in [-0.39, 0.29) is 17.2 Å². The average Bonchev–Trinajstić information content (AvgIpc) is 2.68. The number of hydrogen-bond acceptors (Lipinski definition) is 3. The zero-order valence-corrected chi connectivity index (χ0v) is 11.5. The number of amides is 1. The predicted octanol–water partition coefficient (Wildman–Crippen LogP) is 1.90. The van der Waals surface area contributed by atoms with Gasteiger partial charge in [-0.1, -0.05) is 31.2 Å². The third-order valence-corrected chi connectivity index (χ3v) is 4.57. The molecular weight excluding hydrogens is 246 g/mol. The standard InChI is InChI=1S/C14H19NO2S/c1-3-12(18-2)14(17)15-13-10-7-5-4-6-9(10)8-11(13)16/h4-7,11-13,16H,3,8H2,1-2H3,(H,15,17). The summed E-state index contributed by atoms with van der Waals surface area (Å²) in [6, 6.07) is 7.65. The lowest BCUT2D eigenvalue weighted by atomic mass is 10.1. The van der Waals surface area contributed by atoms with Crippen LogP contribution in [0.4, 0.5) is 0 Å². The molecule has 3 atom stereocenters. The maximum atomic E-state index is 12.1. The van der Waals surface area contributed by atoms with Gasteiger partial charge in [0.25, 0.3) is 0 Å². The van der Waals surface area contributed by atoms with Gasteiger partial charge in [0.05, 0.1) is 17.4 Å². The number of aliphatic hydroxyl groups excluding tert-OH is 1. The smallest absolute Gasteiger partial charge is 0.233 e. The van der Waals surface area contributed by atoms with E-state index < -0.39 is 6.10 Å². The molecule has 3 unspecified atom stereocenters. The Hall–Kier alpha value is -1.00.